The molecule has 3 atom stereocenters. The summed E-state index contributed by atoms with van der Waals surface area (Å²) in [6, 6.07) is 7.52. The molecule has 2 fully saturated rings. The van der Waals surface area contributed by atoms with E-state index in [2.05, 4.69) is 26.1 Å². The Labute approximate surface area is 184 Å². The van der Waals surface area contributed by atoms with Crippen molar-refractivity contribution in [3.05, 3.63) is 34.3 Å². The summed E-state index contributed by atoms with van der Waals surface area (Å²) >= 11 is 21.6. The van der Waals surface area contributed by atoms with Crippen LogP contribution in [0.3, 0.4) is 0 Å². The van der Waals surface area contributed by atoms with Crippen LogP contribution >= 0.6 is 50.7 Å². The van der Waals surface area contributed by atoms with Crippen molar-refractivity contribution >= 4 is 56.6 Å². The highest BCUT2D eigenvalue weighted by atomic mass is 79.9. The number of rotatable bonds is 5. The van der Waals surface area contributed by atoms with Crippen LogP contribution in [0.25, 0.3) is 0 Å². The molecular formula is C19H24BrCl3N2O2. The van der Waals surface area contributed by atoms with Gasteiger partial charge in [0.1, 0.15) is 0 Å². The first kappa shape index (κ1) is 21.7. The lowest BCUT2D eigenvalue weighted by Gasteiger charge is -2.44. The number of nitrogens with zero attached hydrogens (tertiary/aromatic N) is 1. The summed E-state index contributed by atoms with van der Waals surface area (Å²) in [6.45, 7) is 2.80. The number of benzene rings is 1. The van der Waals surface area contributed by atoms with Crippen molar-refractivity contribution in [2.45, 2.75) is 48.2 Å². The Balaban J connectivity index is 1.61. The second-order valence-corrected chi connectivity index (χ2v) is 10.5. The Morgan fingerprint density at radius 1 is 1.19 bits per heavy atom. The van der Waals surface area contributed by atoms with E-state index in [4.69, 9.17) is 39.5 Å². The van der Waals surface area contributed by atoms with Gasteiger partial charge in [-0.05, 0) is 69.0 Å². The number of alkyl halides is 3. The number of piperidine rings is 2. The van der Waals surface area contributed by atoms with E-state index in [1.54, 1.807) is 24.3 Å². The van der Waals surface area contributed by atoms with Gasteiger partial charge in [-0.25, -0.2) is 0 Å². The number of amides is 1. The molecule has 0 aliphatic carbocycles. The van der Waals surface area contributed by atoms with Crippen molar-refractivity contribution in [2.75, 3.05) is 19.7 Å². The first-order valence-electron chi connectivity index (χ1n) is 9.33. The van der Waals surface area contributed by atoms with Gasteiger partial charge in [0.25, 0.3) is 5.91 Å². The van der Waals surface area contributed by atoms with E-state index in [0.29, 0.717) is 24.1 Å². The van der Waals surface area contributed by atoms with Gasteiger partial charge in [-0.1, -0.05) is 57.2 Å². The fourth-order valence-electron chi connectivity index (χ4n) is 4.01. The van der Waals surface area contributed by atoms with E-state index >= 15 is 0 Å². The molecule has 0 bridgehead atoms. The molecule has 1 N–H and O–H groups in total. The molecule has 8 heteroatoms. The molecule has 1 amide bonds. The lowest BCUT2D eigenvalue weighted by atomic mass is 9.84. The Kier molecular flexibility index (Phi) is 7.73. The number of halogens is 4. The maximum atomic E-state index is 12.5. The lowest BCUT2D eigenvalue weighted by Crippen LogP contribution is -2.51. The molecule has 4 nitrogen and oxygen atoms in total. The van der Waals surface area contributed by atoms with Gasteiger partial charge in [0.05, 0.1) is 6.61 Å². The smallest absolute Gasteiger partial charge is 0.253 e. The molecule has 2 aliphatic heterocycles. The molecule has 3 rings (SSSR count). The topological polar surface area (TPSA) is 41.6 Å². The molecule has 0 radical (unpaired) electrons. The Bertz CT molecular complexity index is 637. The van der Waals surface area contributed by atoms with Crippen molar-refractivity contribution in [1.29, 1.82) is 0 Å². The van der Waals surface area contributed by atoms with E-state index in [0.717, 1.165) is 30.4 Å². The van der Waals surface area contributed by atoms with Crippen LogP contribution in [0.2, 0.25) is 0 Å². The average Bonchev–Trinajstić information content (AvgIpc) is 2.64. The van der Waals surface area contributed by atoms with E-state index < -0.39 is 10.0 Å². The molecule has 1 aromatic carbocycles. The standard InChI is InChI=1S/C19H24BrCl3N2O2/c20-15-8-6-13(7-9-15)17(26)24-18(19(21,22)23)27-12-14-4-3-11-25-10-2-1-5-16(14)25/h6-9,14,16,18H,1-5,10-12H2,(H,24,26)/t14-,16+,18-/m1/s1. The number of ether oxygens (including phenoxy) is 1. The van der Waals surface area contributed by atoms with Gasteiger partial charge in [-0.15, -0.1) is 0 Å². The number of fused-ring (bicyclic) bond motifs is 1. The van der Waals surface area contributed by atoms with Gasteiger partial charge in [0.15, 0.2) is 6.23 Å². The minimum atomic E-state index is -1.74. The summed E-state index contributed by atoms with van der Waals surface area (Å²) in [5.41, 5.74) is 0.483. The minimum absolute atomic E-state index is 0.332. The summed E-state index contributed by atoms with van der Waals surface area (Å²) < 4.78 is 5.09. The van der Waals surface area contributed by atoms with Gasteiger partial charge in [0.2, 0.25) is 3.79 Å². The molecule has 2 heterocycles. The fourth-order valence-corrected chi connectivity index (χ4v) is 4.63. The summed E-state index contributed by atoms with van der Waals surface area (Å²) in [5.74, 6) is 0.0697. The third-order valence-electron chi connectivity index (χ3n) is 5.37. The molecule has 0 unspecified atom stereocenters. The summed E-state index contributed by atoms with van der Waals surface area (Å²) in [7, 11) is 0. The van der Waals surface area contributed by atoms with Crippen molar-refractivity contribution in [1.82, 2.24) is 10.2 Å². The summed E-state index contributed by atoms with van der Waals surface area (Å²) in [4.78, 5) is 15.1. The van der Waals surface area contributed by atoms with Crippen LogP contribution in [-0.4, -0.2) is 46.6 Å². The number of hydrogen-bond acceptors (Lipinski definition) is 3. The third-order valence-corrected chi connectivity index (χ3v) is 6.49. The molecule has 1 aromatic rings. The molecule has 27 heavy (non-hydrogen) atoms. The zero-order chi connectivity index (χ0) is 19.4. The lowest BCUT2D eigenvalue weighted by molar-refractivity contribution is -0.0325. The van der Waals surface area contributed by atoms with Gasteiger partial charge in [-0.2, -0.15) is 0 Å². The second kappa shape index (κ2) is 9.64. The van der Waals surface area contributed by atoms with Gasteiger partial charge < -0.3 is 15.0 Å². The van der Waals surface area contributed by atoms with Crippen molar-refractivity contribution in [3.8, 4) is 0 Å². The fraction of sp³-hybridized carbons (Fsp3) is 0.632. The predicted molar refractivity (Wildman–Crippen MR) is 114 cm³/mol. The quantitative estimate of drug-likeness (QED) is 0.451. The molecule has 2 saturated heterocycles. The second-order valence-electron chi connectivity index (χ2n) is 7.24. The van der Waals surface area contributed by atoms with Crippen LogP contribution in [-0.2, 0) is 4.74 Å². The molecule has 2 aliphatic rings. The van der Waals surface area contributed by atoms with Crippen molar-refractivity contribution in [2.24, 2.45) is 5.92 Å². The summed E-state index contributed by atoms with van der Waals surface area (Å²) in [6.07, 6.45) is 4.98. The van der Waals surface area contributed by atoms with Gasteiger partial charge >= 0.3 is 0 Å². The molecule has 0 saturated carbocycles. The highest BCUT2D eigenvalue weighted by Gasteiger charge is 2.38. The average molecular weight is 499 g/mol. The van der Waals surface area contributed by atoms with Crippen LogP contribution in [0, 0.1) is 5.92 Å². The van der Waals surface area contributed by atoms with Crippen LogP contribution < -0.4 is 5.32 Å². The maximum Gasteiger partial charge on any atom is 0.253 e. The van der Waals surface area contributed by atoms with E-state index in [-0.39, 0.29) is 5.91 Å². The molecule has 150 valence electrons. The number of nitrogens with one attached hydrogen (secondary N) is 1. The summed E-state index contributed by atoms with van der Waals surface area (Å²) in [5, 5.41) is 2.72. The monoisotopic (exact) mass is 496 g/mol. The predicted octanol–water partition coefficient (Wildman–Crippen LogP) is 5.16. The zero-order valence-electron chi connectivity index (χ0n) is 15.0. The van der Waals surface area contributed by atoms with Gasteiger partial charge in [0, 0.05) is 16.1 Å². The Morgan fingerprint density at radius 2 is 1.89 bits per heavy atom. The molecular weight excluding hydrogens is 474 g/mol. The zero-order valence-corrected chi connectivity index (χ0v) is 18.8. The van der Waals surface area contributed by atoms with Crippen molar-refractivity contribution in [3.63, 3.8) is 0 Å². The van der Waals surface area contributed by atoms with Crippen molar-refractivity contribution < 1.29 is 9.53 Å². The number of carbonyl (C=O) groups excluding carboxylic acids is 1. The van der Waals surface area contributed by atoms with Crippen LogP contribution in [0.15, 0.2) is 28.7 Å². The Hall–Kier alpha value is -0.0400. The minimum Gasteiger partial charge on any atom is -0.354 e. The van der Waals surface area contributed by atoms with E-state index in [1.165, 1.54) is 19.3 Å². The van der Waals surface area contributed by atoms with Crippen LogP contribution in [0.1, 0.15) is 42.5 Å². The highest BCUT2D eigenvalue weighted by Crippen LogP contribution is 2.34. The van der Waals surface area contributed by atoms with Crippen LogP contribution in [0.4, 0.5) is 0 Å². The van der Waals surface area contributed by atoms with E-state index in [1.807, 2.05) is 0 Å². The van der Waals surface area contributed by atoms with E-state index in [9.17, 15) is 4.79 Å². The first-order chi connectivity index (χ1) is 12.8. The highest BCUT2D eigenvalue weighted by molar-refractivity contribution is 9.10. The largest absolute Gasteiger partial charge is 0.354 e. The normalized spacial score (nSPS) is 24.9. The molecule has 0 spiro atoms. The number of hydrogen-bond donors (Lipinski definition) is 1. The number of carbonyl (C=O) groups is 1. The third kappa shape index (κ3) is 5.97. The first-order valence-corrected chi connectivity index (χ1v) is 11.3. The molecule has 0 aromatic heterocycles. The SMILES string of the molecule is O=C(N[C@H](OC[C@H]1CCCN2CCCC[C@@H]12)C(Cl)(Cl)Cl)c1ccc(Br)cc1. The maximum absolute atomic E-state index is 12.5. The Morgan fingerprint density at radius 3 is 2.59 bits per heavy atom. The van der Waals surface area contributed by atoms with Gasteiger partial charge in [-0.3, -0.25) is 4.79 Å². The van der Waals surface area contributed by atoms with Crippen LogP contribution in [0.5, 0.6) is 0 Å².